The molecular weight excluding hydrogens is 312 g/mol. The first-order chi connectivity index (χ1) is 11.1. The number of ether oxygens (including phenoxy) is 1. The number of nitrogens with one attached hydrogen (secondary N) is 1. The Balaban J connectivity index is 1.76. The fourth-order valence-electron chi connectivity index (χ4n) is 2.14. The molecule has 0 aliphatic heterocycles. The van der Waals surface area contributed by atoms with Gasteiger partial charge < -0.3 is 9.30 Å². The minimum atomic E-state index is -0.180. The van der Waals surface area contributed by atoms with E-state index >= 15 is 0 Å². The Labute approximate surface area is 137 Å². The van der Waals surface area contributed by atoms with Gasteiger partial charge in [-0.25, -0.2) is 0 Å². The zero-order valence-electron chi connectivity index (χ0n) is 13.0. The van der Waals surface area contributed by atoms with E-state index in [0.29, 0.717) is 16.5 Å². The Hall–Kier alpha value is -2.67. The van der Waals surface area contributed by atoms with E-state index in [9.17, 15) is 4.79 Å². The van der Waals surface area contributed by atoms with Crippen LogP contribution in [0.3, 0.4) is 0 Å². The summed E-state index contributed by atoms with van der Waals surface area (Å²) in [5.74, 6) is 1.18. The summed E-state index contributed by atoms with van der Waals surface area (Å²) in [7, 11) is 3.52. The molecule has 0 unspecified atom stereocenters. The summed E-state index contributed by atoms with van der Waals surface area (Å²) in [6.45, 7) is 1.90. The lowest BCUT2D eigenvalue weighted by molar-refractivity contribution is 0.102. The Morgan fingerprint density at radius 2 is 2.00 bits per heavy atom. The van der Waals surface area contributed by atoms with Crippen molar-refractivity contribution in [3.63, 3.8) is 0 Å². The summed E-state index contributed by atoms with van der Waals surface area (Å²) in [6, 6.07) is 9.25. The summed E-state index contributed by atoms with van der Waals surface area (Å²) in [6.07, 6.45) is 1.85. The van der Waals surface area contributed by atoms with Crippen LogP contribution in [-0.4, -0.2) is 26.9 Å². The van der Waals surface area contributed by atoms with Crippen LogP contribution < -0.4 is 10.1 Å². The largest absolute Gasteiger partial charge is 0.497 e. The monoisotopic (exact) mass is 328 g/mol. The first kappa shape index (κ1) is 15.2. The number of nitrogens with zero attached hydrogens (tertiary/aromatic N) is 3. The number of amides is 1. The van der Waals surface area contributed by atoms with Crippen molar-refractivity contribution in [2.45, 2.75) is 6.92 Å². The van der Waals surface area contributed by atoms with Gasteiger partial charge in [-0.3, -0.25) is 10.1 Å². The predicted octanol–water partition coefficient (Wildman–Crippen LogP) is 3.11. The third kappa shape index (κ3) is 3.09. The van der Waals surface area contributed by atoms with Crippen LogP contribution >= 0.6 is 11.5 Å². The van der Waals surface area contributed by atoms with Crippen LogP contribution in [0.2, 0.25) is 0 Å². The molecule has 2 heterocycles. The van der Waals surface area contributed by atoms with Crippen LogP contribution in [0.5, 0.6) is 5.75 Å². The summed E-state index contributed by atoms with van der Waals surface area (Å²) in [4.78, 5) is 16.6. The maximum Gasteiger partial charge on any atom is 0.259 e. The molecule has 0 radical (unpaired) electrons. The van der Waals surface area contributed by atoms with Crippen LogP contribution in [0.25, 0.3) is 11.4 Å². The molecule has 6 nitrogen and oxygen atoms in total. The molecular formula is C16H16N4O2S. The molecule has 23 heavy (non-hydrogen) atoms. The van der Waals surface area contributed by atoms with Crippen molar-refractivity contribution >= 4 is 22.6 Å². The molecule has 0 aliphatic rings. The zero-order chi connectivity index (χ0) is 16.4. The number of aromatic nitrogens is 3. The Kier molecular flexibility index (Phi) is 4.12. The Bertz CT molecular complexity index is 836. The normalized spacial score (nSPS) is 10.6. The Morgan fingerprint density at radius 1 is 1.26 bits per heavy atom. The highest BCUT2D eigenvalue weighted by molar-refractivity contribution is 7.10. The number of methoxy groups -OCH3 is 1. The van der Waals surface area contributed by atoms with Gasteiger partial charge in [0.25, 0.3) is 5.91 Å². The third-order valence-corrected chi connectivity index (χ3v) is 4.25. The fourth-order valence-corrected chi connectivity index (χ4v) is 2.73. The van der Waals surface area contributed by atoms with Gasteiger partial charge >= 0.3 is 0 Å². The molecule has 2 aromatic heterocycles. The predicted molar refractivity (Wildman–Crippen MR) is 90.0 cm³/mol. The van der Waals surface area contributed by atoms with E-state index < -0.39 is 0 Å². The molecule has 0 aliphatic carbocycles. The maximum atomic E-state index is 12.3. The van der Waals surface area contributed by atoms with Crippen LogP contribution in [0.15, 0.2) is 36.5 Å². The van der Waals surface area contributed by atoms with Crippen LogP contribution in [0.4, 0.5) is 5.13 Å². The second-order valence-corrected chi connectivity index (χ2v) is 5.78. The molecule has 118 valence electrons. The molecule has 0 atom stereocenters. The molecule has 3 aromatic rings. The summed E-state index contributed by atoms with van der Waals surface area (Å²) in [5, 5.41) is 3.27. The van der Waals surface area contributed by atoms with Crippen molar-refractivity contribution in [3.05, 3.63) is 47.8 Å². The van der Waals surface area contributed by atoms with E-state index in [4.69, 9.17) is 4.74 Å². The van der Waals surface area contributed by atoms with Crippen molar-refractivity contribution in [1.82, 2.24) is 13.9 Å². The van der Waals surface area contributed by atoms with E-state index in [1.807, 2.05) is 49.0 Å². The minimum Gasteiger partial charge on any atom is -0.497 e. The van der Waals surface area contributed by atoms with Gasteiger partial charge in [0, 0.05) is 36.0 Å². The van der Waals surface area contributed by atoms with Gasteiger partial charge in [0.05, 0.1) is 12.7 Å². The van der Waals surface area contributed by atoms with Gasteiger partial charge in [-0.15, -0.1) is 0 Å². The lowest BCUT2D eigenvalue weighted by atomic mass is 10.2. The van der Waals surface area contributed by atoms with Gasteiger partial charge in [-0.05, 0) is 37.3 Å². The van der Waals surface area contributed by atoms with Crippen LogP contribution in [0, 0.1) is 6.92 Å². The lowest BCUT2D eigenvalue weighted by Gasteiger charge is -2.02. The average Bonchev–Trinajstić information content (AvgIpc) is 3.15. The summed E-state index contributed by atoms with van der Waals surface area (Å²) < 4.78 is 11.3. The number of anilines is 1. The van der Waals surface area contributed by atoms with E-state index in [1.54, 1.807) is 13.2 Å². The van der Waals surface area contributed by atoms with Gasteiger partial charge in [-0.1, -0.05) is 0 Å². The fraction of sp³-hybridized carbons (Fsp3) is 0.188. The molecule has 1 aromatic carbocycles. The first-order valence-electron chi connectivity index (χ1n) is 7.00. The highest BCUT2D eigenvalue weighted by Gasteiger charge is 2.14. The quantitative estimate of drug-likeness (QED) is 0.799. The number of benzene rings is 1. The molecule has 3 rings (SSSR count). The van der Waals surface area contributed by atoms with Crippen molar-refractivity contribution in [3.8, 4) is 17.1 Å². The van der Waals surface area contributed by atoms with Gasteiger partial charge in [-0.2, -0.15) is 9.36 Å². The highest BCUT2D eigenvalue weighted by atomic mass is 32.1. The number of hydrogen-bond acceptors (Lipinski definition) is 5. The summed E-state index contributed by atoms with van der Waals surface area (Å²) in [5.41, 5.74) is 2.41. The molecule has 0 saturated heterocycles. The number of carbonyl (C=O) groups is 1. The average molecular weight is 328 g/mol. The molecule has 0 spiro atoms. The van der Waals surface area contributed by atoms with E-state index in [0.717, 1.165) is 28.5 Å². The molecule has 1 amide bonds. The maximum absolute atomic E-state index is 12.3. The van der Waals surface area contributed by atoms with Crippen LogP contribution in [0.1, 0.15) is 16.1 Å². The number of aryl methyl sites for hydroxylation is 1. The third-order valence-electron chi connectivity index (χ3n) is 3.62. The number of rotatable bonds is 4. The van der Waals surface area contributed by atoms with E-state index in [2.05, 4.69) is 14.7 Å². The second kappa shape index (κ2) is 6.21. The van der Waals surface area contributed by atoms with Gasteiger partial charge in [0.2, 0.25) is 5.13 Å². The molecule has 7 heteroatoms. The van der Waals surface area contributed by atoms with Crippen LogP contribution in [-0.2, 0) is 7.05 Å². The van der Waals surface area contributed by atoms with E-state index in [1.165, 1.54) is 0 Å². The van der Waals surface area contributed by atoms with Crippen molar-refractivity contribution < 1.29 is 9.53 Å². The molecule has 1 N–H and O–H groups in total. The second-order valence-electron chi connectivity index (χ2n) is 5.03. The molecule has 0 fully saturated rings. The van der Waals surface area contributed by atoms with Crippen molar-refractivity contribution in [1.29, 1.82) is 0 Å². The minimum absolute atomic E-state index is 0.180. The molecule has 0 bridgehead atoms. The van der Waals surface area contributed by atoms with Crippen molar-refractivity contribution in [2.75, 3.05) is 12.4 Å². The topological polar surface area (TPSA) is 69.0 Å². The molecule has 0 saturated carbocycles. The number of carbonyl (C=O) groups excluding carboxylic acids is 1. The van der Waals surface area contributed by atoms with Crippen molar-refractivity contribution in [2.24, 2.45) is 7.05 Å². The number of hydrogen-bond donors (Lipinski definition) is 1. The van der Waals surface area contributed by atoms with E-state index in [-0.39, 0.29) is 5.91 Å². The Morgan fingerprint density at radius 3 is 2.61 bits per heavy atom. The zero-order valence-corrected chi connectivity index (χ0v) is 13.8. The summed E-state index contributed by atoms with van der Waals surface area (Å²) >= 11 is 1.16. The van der Waals surface area contributed by atoms with Gasteiger partial charge in [0.15, 0.2) is 5.82 Å². The highest BCUT2D eigenvalue weighted by Crippen LogP contribution is 2.23. The SMILES string of the molecule is COc1ccc(-c2nsc(NC(=O)c3ccn(C)c3C)n2)cc1. The smallest absolute Gasteiger partial charge is 0.259 e. The standard InChI is InChI=1S/C16H16N4O2S/c1-10-13(8-9-20(10)2)15(21)18-16-17-14(19-23-16)11-4-6-12(22-3)7-5-11/h4-9H,1-3H3,(H,17,18,19,21). The first-order valence-corrected chi connectivity index (χ1v) is 7.77. The lowest BCUT2D eigenvalue weighted by Crippen LogP contribution is -2.12. The van der Waals surface area contributed by atoms with Gasteiger partial charge in [0.1, 0.15) is 5.75 Å².